The first-order valence-electron chi connectivity index (χ1n) is 10.3. The van der Waals surface area contributed by atoms with Gasteiger partial charge >= 0.3 is 0 Å². The summed E-state index contributed by atoms with van der Waals surface area (Å²) < 4.78 is 0. The zero-order valence-electron chi connectivity index (χ0n) is 17.6. The Morgan fingerprint density at radius 1 is 1.00 bits per heavy atom. The molecule has 0 bridgehead atoms. The van der Waals surface area contributed by atoms with Gasteiger partial charge in [0.2, 0.25) is 0 Å². The van der Waals surface area contributed by atoms with Gasteiger partial charge in [0, 0.05) is 34.1 Å². The molecule has 4 N–H and O–H groups in total. The number of nitrogens with two attached hydrogens (primary N) is 1. The van der Waals surface area contributed by atoms with Gasteiger partial charge < -0.3 is 16.4 Å². The first kappa shape index (κ1) is 21.9. The van der Waals surface area contributed by atoms with E-state index >= 15 is 0 Å². The molecule has 3 aromatic carbocycles. The topological polar surface area (TPSA) is 67.2 Å². The fraction of sp³-hybridized carbons (Fsp3) is 0.240. The van der Waals surface area contributed by atoms with E-state index < -0.39 is 0 Å². The Kier molecular flexibility index (Phi) is 7.94. The lowest BCUT2D eigenvalue weighted by Gasteiger charge is -2.10. The highest BCUT2D eigenvalue weighted by molar-refractivity contribution is 7.99. The number of benzene rings is 3. The van der Waals surface area contributed by atoms with Gasteiger partial charge in [-0.15, -0.1) is 0 Å². The van der Waals surface area contributed by atoms with Gasteiger partial charge in [-0.05, 0) is 60.8 Å². The van der Waals surface area contributed by atoms with Crippen LogP contribution < -0.4 is 16.4 Å². The van der Waals surface area contributed by atoms with Gasteiger partial charge in [0.1, 0.15) is 0 Å². The van der Waals surface area contributed by atoms with Crippen LogP contribution in [0.5, 0.6) is 0 Å². The summed E-state index contributed by atoms with van der Waals surface area (Å²) in [6.07, 6.45) is 1.87. The normalized spacial score (nSPS) is 11.7. The summed E-state index contributed by atoms with van der Waals surface area (Å²) in [5.74, 6) is -0.0273. The quantitative estimate of drug-likeness (QED) is 0.552. The number of rotatable bonds is 5. The number of anilines is 1. The molecule has 5 heteroatoms. The van der Waals surface area contributed by atoms with E-state index in [4.69, 9.17) is 0 Å². The fourth-order valence-corrected chi connectivity index (χ4v) is 4.43. The molecule has 1 aliphatic rings. The maximum atomic E-state index is 12.6. The smallest absolute Gasteiger partial charge is 0.251 e. The van der Waals surface area contributed by atoms with Gasteiger partial charge in [-0.1, -0.05) is 61.2 Å². The van der Waals surface area contributed by atoms with E-state index in [1.54, 1.807) is 11.8 Å². The molecule has 0 aromatic heterocycles. The van der Waals surface area contributed by atoms with Crippen molar-refractivity contribution in [2.45, 2.75) is 36.1 Å². The van der Waals surface area contributed by atoms with Gasteiger partial charge in [0.05, 0.1) is 0 Å². The Bertz CT molecular complexity index is 989. The molecule has 4 rings (SSSR count). The standard InChI is InChI=1S/C24H24N2OS.CH5N/c1-2-17-8-9-20-16-26-21-15-19(10-11-22(21)28-23(20)14-17)24(27)25-13-12-18-6-4-3-5-7-18;1-2/h3-11,14-15,26H,2,12-13,16H2,1H3,(H,25,27);2H2,1H3. The molecule has 30 heavy (non-hydrogen) atoms. The molecule has 0 saturated carbocycles. The molecule has 4 nitrogen and oxygen atoms in total. The van der Waals surface area contributed by atoms with Crippen LogP contribution in [-0.2, 0) is 19.4 Å². The SMILES string of the molecule is CCc1ccc2c(c1)Sc1ccc(C(=O)NCCc3ccccc3)cc1NC2.CN. The van der Waals surface area contributed by atoms with Crippen LogP contribution in [0, 0.1) is 0 Å². The molecule has 156 valence electrons. The highest BCUT2D eigenvalue weighted by Gasteiger charge is 2.16. The Hall–Kier alpha value is -2.76. The van der Waals surface area contributed by atoms with Crippen LogP contribution in [0.1, 0.15) is 34.0 Å². The summed E-state index contributed by atoms with van der Waals surface area (Å²) in [7, 11) is 1.50. The Balaban J connectivity index is 0.00000124. The predicted molar refractivity (Wildman–Crippen MR) is 126 cm³/mol. The van der Waals surface area contributed by atoms with Gasteiger partial charge in [0.25, 0.3) is 5.91 Å². The zero-order chi connectivity index (χ0) is 21.3. The molecule has 3 aromatic rings. The molecule has 0 aliphatic carbocycles. The van der Waals surface area contributed by atoms with E-state index in [9.17, 15) is 4.79 Å². The van der Waals surface area contributed by atoms with E-state index in [1.807, 2.05) is 36.4 Å². The Morgan fingerprint density at radius 3 is 2.57 bits per heavy atom. The summed E-state index contributed by atoms with van der Waals surface area (Å²) in [6.45, 7) is 3.59. The zero-order valence-corrected chi connectivity index (χ0v) is 18.4. The van der Waals surface area contributed by atoms with Crippen LogP contribution in [-0.4, -0.2) is 19.5 Å². The summed E-state index contributed by atoms with van der Waals surface area (Å²) in [5, 5.41) is 6.52. The highest BCUT2D eigenvalue weighted by Crippen LogP contribution is 2.39. The van der Waals surface area contributed by atoms with Crippen LogP contribution in [0.25, 0.3) is 0 Å². The maximum absolute atomic E-state index is 12.6. The van der Waals surface area contributed by atoms with Crippen molar-refractivity contribution in [2.24, 2.45) is 5.73 Å². The molecule has 0 saturated heterocycles. The van der Waals surface area contributed by atoms with Gasteiger partial charge in [-0.3, -0.25) is 4.79 Å². The van der Waals surface area contributed by atoms with Crippen molar-refractivity contribution in [3.63, 3.8) is 0 Å². The predicted octanol–water partition coefficient (Wildman–Crippen LogP) is 4.87. The minimum atomic E-state index is -0.0273. The third kappa shape index (κ3) is 5.43. The lowest BCUT2D eigenvalue weighted by atomic mass is 10.1. The van der Waals surface area contributed by atoms with Gasteiger partial charge in [-0.25, -0.2) is 0 Å². The van der Waals surface area contributed by atoms with Crippen molar-refractivity contribution in [1.29, 1.82) is 0 Å². The lowest BCUT2D eigenvalue weighted by Crippen LogP contribution is -2.25. The highest BCUT2D eigenvalue weighted by atomic mass is 32.2. The van der Waals surface area contributed by atoms with E-state index in [2.05, 4.69) is 53.6 Å². The van der Waals surface area contributed by atoms with Gasteiger partial charge in [-0.2, -0.15) is 0 Å². The molecule has 0 unspecified atom stereocenters. The Morgan fingerprint density at radius 2 is 1.80 bits per heavy atom. The first-order valence-corrected chi connectivity index (χ1v) is 11.1. The minimum Gasteiger partial charge on any atom is -0.380 e. The van der Waals surface area contributed by atoms with Crippen molar-refractivity contribution < 1.29 is 4.79 Å². The number of fused-ring (bicyclic) bond motifs is 2. The van der Waals surface area contributed by atoms with E-state index in [0.29, 0.717) is 12.1 Å². The number of amides is 1. The van der Waals surface area contributed by atoms with E-state index in [1.165, 1.54) is 28.6 Å². The molecular formula is C25H29N3OS. The summed E-state index contributed by atoms with van der Waals surface area (Å²) in [6, 6.07) is 22.8. The largest absolute Gasteiger partial charge is 0.380 e. The molecule has 0 spiro atoms. The second-order valence-electron chi connectivity index (χ2n) is 6.95. The molecular weight excluding hydrogens is 390 g/mol. The van der Waals surface area contributed by atoms with Crippen molar-refractivity contribution in [2.75, 3.05) is 18.9 Å². The summed E-state index contributed by atoms with van der Waals surface area (Å²) >= 11 is 1.77. The first-order chi connectivity index (χ1) is 14.7. The Labute approximate surface area is 183 Å². The monoisotopic (exact) mass is 419 g/mol. The molecule has 0 fully saturated rings. The van der Waals surface area contributed by atoms with Crippen LogP contribution in [0.2, 0.25) is 0 Å². The number of hydrogen-bond donors (Lipinski definition) is 3. The lowest BCUT2D eigenvalue weighted by molar-refractivity contribution is 0.0954. The average Bonchev–Trinajstić information content (AvgIpc) is 2.99. The number of carbonyl (C=O) groups excluding carboxylic acids is 1. The van der Waals surface area contributed by atoms with Crippen LogP contribution in [0.4, 0.5) is 5.69 Å². The van der Waals surface area contributed by atoms with Crippen LogP contribution in [0.3, 0.4) is 0 Å². The maximum Gasteiger partial charge on any atom is 0.251 e. The van der Waals surface area contributed by atoms with Crippen molar-refractivity contribution in [3.05, 3.63) is 89.0 Å². The number of carbonyl (C=O) groups is 1. The second-order valence-corrected chi connectivity index (χ2v) is 8.04. The van der Waals surface area contributed by atoms with Crippen molar-refractivity contribution in [1.82, 2.24) is 5.32 Å². The molecule has 1 amide bonds. The summed E-state index contributed by atoms with van der Waals surface area (Å²) in [4.78, 5) is 15.0. The van der Waals surface area contributed by atoms with Crippen molar-refractivity contribution in [3.8, 4) is 0 Å². The molecule has 0 radical (unpaired) electrons. The minimum absolute atomic E-state index is 0.0273. The summed E-state index contributed by atoms with van der Waals surface area (Å²) in [5.41, 5.74) is 10.1. The van der Waals surface area contributed by atoms with Crippen LogP contribution in [0.15, 0.2) is 76.5 Å². The average molecular weight is 420 g/mol. The molecule has 1 aliphatic heterocycles. The number of hydrogen-bond acceptors (Lipinski definition) is 4. The third-order valence-corrected chi connectivity index (χ3v) is 6.19. The van der Waals surface area contributed by atoms with E-state index in [0.717, 1.165) is 30.0 Å². The second kappa shape index (κ2) is 10.9. The van der Waals surface area contributed by atoms with Crippen LogP contribution >= 0.6 is 11.8 Å². The molecule has 0 atom stereocenters. The van der Waals surface area contributed by atoms with Crippen molar-refractivity contribution >= 4 is 23.4 Å². The van der Waals surface area contributed by atoms with E-state index in [-0.39, 0.29) is 5.91 Å². The fourth-order valence-electron chi connectivity index (χ4n) is 3.33. The molecule has 1 heterocycles. The number of nitrogens with one attached hydrogen (secondary N) is 2. The van der Waals surface area contributed by atoms with Gasteiger partial charge in [0.15, 0.2) is 0 Å². The number of aryl methyl sites for hydroxylation is 1. The third-order valence-electron chi connectivity index (χ3n) is 5.01.